The van der Waals surface area contributed by atoms with Gasteiger partial charge in [0.15, 0.2) is 0 Å². The third-order valence-electron chi connectivity index (χ3n) is 3.04. The van der Waals surface area contributed by atoms with Gasteiger partial charge >= 0.3 is 0 Å². The smallest absolute Gasteiger partial charge is 0.222 e. The fourth-order valence-electron chi connectivity index (χ4n) is 2.44. The number of methoxy groups -OCH3 is 1. The van der Waals surface area contributed by atoms with Crippen LogP contribution in [0.1, 0.15) is 32.1 Å². The molecule has 1 aliphatic heterocycles. The molecule has 0 radical (unpaired) electrons. The largest absolute Gasteiger partial charge is 0.359 e. The van der Waals surface area contributed by atoms with Crippen molar-refractivity contribution in [2.45, 2.75) is 37.8 Å². The van der Waals surface area contributed by atoms with Gasteiger partial charge in [0, 0.05) is 13.5 Å². The minimum absolute atomic E-state index is 0.160. The van der Waals surface area contributed by atoms with Crippen LogP contribution in [0.3, 0.4) is 0 Å². The predicted molar refractivity (Wildman–Crippen MR) is 44.5 cm³/mol. The van der Waals surface area contributed by atoms with Gasteiger partial charge in [0.1, 0.15) is 5.72 Å². The fourth-order valence-corrected chi connectivity index (χ4v) is 2.44. The van der Waals surface area contributed by atoms with Crippen LogP contribution in [-0.2, 0) is 9.53 Å². The summed E-state index contributed by atoms with van der Waals surface area (Å²) >= 11 is 0. The van der Waals surface area contributed by atoms with E-state index < -0.39 is 0 Å². The molecule has 0 aromatic carbocycles. The molecule has 1 amide bonds. The number of hydrogen-bond acceptors (Lipinski definition) is 2. The van der Waals surface area contributed by atoms with Crippen LogP contribution < -0.4 is 5.32 Å². The van der Waals surface area contributed by atoms with Gasteiger partial charge in [0.05, 0.1) is 0 Å². The molecule has 3 heteroatoms. The molecule has 2 rings (SSSR count). The second-order valence-electron chi connectivity index (χ2n) is 3.91. The lowest BCUT2D eigenvalue weighted by atomic mass is 9.78. The van der Waals surface area contributed by atoms with Gasteiger partial charge in [0.2, 0.25) is 5.91 Å². The van der Waals surface area contributed by atoms with Gasteiger partial charge in [-0.2, -0.15) is 0 Å². The molecule has 1 heterocycles. The number of piperidine rings is 1. The first-order valence-electron chi connectivity index (χ1n) is 4.60. The lowest BCUT2D eigenvalue weighted by Gasteiger charge is -2.44. The molecular formula is C9H15NO2. The molecular weight excluding hydrogens is 154 g/mol. The quantitative estimate of drug-likeness (QED) is 0.637. The summed E-state index contributed by atoms with van der Waals surface area (Å²) in [7, 11) is 1.69. The maximum absolute atomic E-state index is 11.2. The van der Waals surface area contributed by atoms with E-state index in [2.05, 4.69) is 5.32 Å². The molecule has 1 saturated carbocycles. The Bertz CT molecular complexity index is 205. The van der Waals surface area contributed by atoms with E-state index in [1.807, 2.05) is 0 Å². The van der Waals surface area contributed by atoms with Crippen molar-refractivity contribution in [2.24, 2.45) is 5.92 Å². The highest BCUT2D eigenvalue weighted by atomic mass is 16.5. The monoisotopic (exact) mass is 169 g/mol. The second kappa shape index (κ2) is 2.73. The van der Waals surface area contributed by atoms with E-state index in [1.165, 1.54) is 12.8 Å². The van der Waals surface area contributed by atoms with Crippen molar-refractivity contribution in [3.8, 4) is 0 Å². The lowest BCUT2D eigenvalue weighted by Crippen LogP contribution is -2.57. The number of carbonyl (C=O) groups is 1. The predicted octanol–water partition coefficient (Wildman–Crippen LogP) is 1.04. The van der Waals surface area contributed by atoms with Crippen LogP contribution in [0.15, 0.2) is 0 Å². The normalized spacial score (nSPS) is 40.8. The van der Waals surface area contributed by atoms with E-state index in [0.717, 1.165) is 12.8 Å². The molecule has 68 valence electrons. The van der Waals surface area contributed by atoms with Crippen molar-refractivity contribution < 1.29 is 9.53 Å². The van der Waals surface area contributed by atoms with Crippen molar-refractivity contribution in [3.05, 3.63) is 0 Å². The minimum atomic E-state index is -0.307. The Hall–Kier alpha value is -0.570. The molecule has 2 bridgehead atoms. The van der Waals surface area contributed by atoms with E-state index >= 15 is 0 Å². The maximum atomic E-state index is 11.2. The summed E-state index contributed by atoms with van der Waals surface area (Å²) in [5, 5.41) is 2.95. The van der Waals surface area contributed by atoms with Crippen molar-refractivity contribution in [1.29, 1.82) is 0 Å². The van der Waals surface area contributed by atoms with Crippen LogP contribution in [0.2, 0.25) is 0 Å². The van der Waals surface area contributed by atoms with Crippen LogP contribution in [-0.4, -0.2) is 18.7 Å². The molecule has 12 heavy (non-hydrogen) atoms. The van der Waals surface area contributed by atoms with Gasteiger partial charge in [-0.15, -0.1) is 0 Å². The van der Waals surface area contributed by atoms with E-state index in [9.17, 15) is 4.79 Å². The summed E-state index contributed by atoms with van der Waals surface area (Å²) in [6.45, 7) is 0. The van der Waals surface area contributed by atoms with Gasteiger partial charge in [-0.1, -0.05) is 0 Å². The number of rotatable bonds is 1. The number of nitrogens with one attached hydrogen (secondary N) is 1. The molecule has 2 fully saturated rings. The second-order valence-corrected chi connectivity index (χ2v) is 3.91. The van der Waals surface area contributed by atoms with Gasteiger partial charge in [-0.3, -0.25) is 4.79 Å². The fraction of sp³-hybridized carbons (Fsp3) is 0.889. The van der Waals surface area contributed by atoms with E-state index in [4.69, 9.17) is 4.74 Å². The molecule has 0 aromatic heterocycles. The average molecular weight is 169 g/mol. The van der Waals surface area contributed by atoms with E-state index in [0.29, 0.717) is 12.3 Å². The summed E-state index contributed by atoms with van der Waals surface area (Å²) in [6, 6.07) is 0. The molecule has 0 aromatic rings. The third kappa shape index (κ3) is 1.22. The number of amides is 1. The van der Waals surface area contributed by atoms with E-state index in [1.54, 1.807) is 7.11 Å². The number of fused-ring (bicyclic) bond motifs is 2. The summed E-state index contributed by atoms with van der Waals surface area (Å²) in [5.74, 6) is 0.722. The molecule has 3 nitrogen and oxygen atoms in total. The zero-order valence-corrected chi connectivity index (χ0v) is 7.43. The van der Waals surface area contributed by atoms with Crippen LogP contribution in [0.4, 0.5) is 0 Å². The maximum Gasteiger partial charge on any atom is 0.222 e. The van der Waals surface area contributed by atoms with Gasteiger partial charge in [-0.05, 0) is 31.6 Å². The minimum Gasteiger partial charge on any atom is -0.359 e. The topological polar surface area (TPSA) is 38.3 Å². The molecule has 2 aliphatic rings. The summed E-state index contributed by atoms with van der Waals surface area (Å²) < 4.78 is 5.39. The molecule has 0 spiro atoms. The summed E-state index contributed by atoms with van der Waals surface area (Å²) in [4.78, 5) is 11.2. The first kappa shape index (κ1) is 8.05. The van der Waals surface area contributed by atoms with Crippen molar-refractivity contribution in [3.63, 3.8) is 0 Å². The molecule has 2 unspecified atom stereocenters. The Morgan fingerprint density at radius 1 is 1.67 bits per heavy atom. The zero-order chi connectivity index (χ0) is 8.60. The molecule has 1 N–H and O–H groups in total. The highest BCUT2D eigenvalue weighted by Gasteiger charge is 2.42. The molecule has 1 saturated heterocycles. The summed E-state index contributed by atoms with van der Waals surface area (Å²) in [5.41, 5.74) is -0.307. The van der Waals surface area contributed by atoms with Gasteiger partial charge in [0.25, 0.3) is 0 Å². The van der Waals surface area contributed by atoms with Crippen LogP contribution in [0.5, 0.6) is 0 Å². The standard InChI is InChI=1S/C9H15NO2/c1-12-9-4-2-3-7(6-9)5-8(11)10-9/h7H,2-6H2,1H3,(H,10,11). The van der Waals surface area contributed by atoms with Crippen molar-refractivity contribution in [1.82, 2.24) is 5.32 Å². The van der Waals surface area contributed by atoms with Gasteiger partial charge < -0.3 is 10.1 Å². The van der Waals surface area contributed by atoms with Crippen molar-refractivity contribution in [2.75, 3.05) is 7.11 Å². The summed E-state index contributed by atoms with van der Waals surface area (Å²) in [6.07, 6.45) is 5.06. The third-order valence-corrected chi connectivity index (χ3v) is 3.04. The first-order valence-corrected chi connectivity index (χ1v) is 4.60. The Kier molecular flexibility index (Phi) is 1.83. The number of ether oxygens (including phenoxy) is 1. The number of carbonyl (C=O) groups excluding carboxylic acids is 1. The highest BCUT2D eigenvalue weighted by molar-refractivity contribution is 5.77. The Morgan fingerprint density at radius 3 is 3.25 bits per heavy atom. The van der Waals surface area contributed by atoms with Crippen molar-refractivity contribution >= 4 is 5.91 Å². The zero-order valence-electron chi connectivity index (χ0n) is 7.43. The number of hydrogen-bond donors (Lipinski definition) is 1. The Labute approximate surface area is 72.5 Å². The lowest BCUT2D eigenvalue weighted by molar-refractivity contribution is -0.148. The SMILES string of the molecule is COC12CCCC(CC(=O)N1)C2. The highest BCUT2D eigenvalue weighted by Crippen LogP contribution is 2.37. The Morgan fingerprint density at radius 2 is 2.50 bits per heavy atom. The molecule has 1 aliphatic carbocycles. The Balaban J connectivity index is 2.15. The average Bonchev–Trinajstić information content (AvgIpc) is 2.03. The van der Waals surface area contributed by atoms with Gasteiger partial charge in [-0.25, -0.2) is 0 Å². The van der Waals surface area contributed by atoms with Crippen LogP contribution in [0, 0.1) is 5.92 Å². The van der Waals surface area contributed by atoms with Crippen LogP contribution in [0.25, 0.3) is 0 Å². The van der Waals surface area contributed by atoms with Crippen LogP contribution >= 0.6 is 0 Å². The van der Waals surface area contributed by atoms with E-state index in [-0.39, 0.29) is 11.6 Å². The first-order chi connectivity index (χ1) is 5.74. The molecule has 2 atom stereocenters.